The molecule has 128 valence electrons. The van der Waals surface area contributed by atoms with E-state index in [4.69, 9.17) is 11.6 Å². The van der Waals surface area contributed by atoms with Gasteiger partial charge in [-0.1, -0.05) is 23.7 Å². The number of aromatic nitrogens is 2. The van der Waals surface area contributed by atoms with Crippen LogP contribution in [0.4, 0.5) is 10.1 Å². The van der Waals surface area contributed by atoms with Crippen LogP contribution in [0.3, 0.4) is 0 Å². The average Bonchev–Trinajstić information content (AvgIpc) is 2.58. The number of benzene rings is 2. The zero-order valence-corrected chi connectivity index (χ0v) is 13.9. The lowest BCUT2D eigenvalue weighted by Crippen LogP contribution is -2.14. The van der Waals surface area contributed by atoms with Crippen molar-refractivity contribution in [2.24, 2.45) is 0 Å². The van der Waals surface area contributed by atoms with Gasteiger partial charge < -0.3 is 10.3 Å². The third-order valence-corrected chi connectivity index (χ3v) is 3.97. The summed E-state index contributed by atoms with van der Waals surface area (Å²) in [6, 6.07) is 11.1. The normalized spacial score (nSPS) is 10.8. The molecule has 0 saturated heterocycles. The minimum Gasteiger partial charge on any atom is -0.326 e. The first-order chi connectivity index (χ1) is 12.0. The van der Waals surface area contributed by atoms with Gasteiger partial charge in [0.15, 0.2) is 0 Å². The average molecular weight is 360 g/mol. The Morgan fingerprint density at radius 2 is 2.04 bits per heavy atom. The van der Waals surface area contributed by atoms with E-state index in [9.17, 15) is 14.0 Å². The highest BCUT2D eigenvalue weighted by molar-refractivity contribution is 6.31. The van der Waals surface area contributed by atoms with E-state index in [1.165, 1.54) is 18.2 Å². The van der Waals surface area contributed by atoms with E-state index in [0.29, 0.717) is 35.3 Å². The summed E-state index contributed by atoms with van der Waals surface area (Å²) in [4.78, 5) is 31.0. The van der Waals surface area contributed by atoms with Crippen molar-refractivity contribution in [2.75, 3.05) is 5.32 Å². The van der Waals surface area contributed by atoms with Crippen molar-refractivity contribution in [3.8, 4) is 0 Å². The van der Waals surface area contributed by atoms with Crippen molar-refractivity contribution in [2.45, 2.75) is 19.3 Å². The molecule has 7 heteroatoms. The van der Waals surface area contributed by atoms with Crippen LogP contribution in [0.25, 0.3) is 10.9 Å². The largest absolute Gasteiger partial charge is 0.326 e. The fourth-order valence-electron chi connectivity index (χ4n) is 2.47. The van der Waals surface area contributed by atoms with Crippen LogP contribution in [0.5, 0.6) is 0 Å². The summed E-state index contributed by atoms with van der Waals surface area (Å²) in [5.74, 6) is -0.210. The van der Waals surface area contributed by atoms with E-state index < -0.39 is 5.82 Å². The van der Waals surface area contributed by atoms with E-state index >= 15 is 0 Å². The standard InChI is InChI=1S/C18H15ClFN3O2/c19-13-10-11(8-9-14(13)20)21-17(24)7-3-6-16-22-15-5-2-1-4-12(15)18(25)23-16/h1-2,4-5,8-10H,3,6-7H2,(H,21,24)(H,22,23,25). The number of carbonyl (C=O) groups is 1. The Labute approximate surface area is 147 Å². The number of H-pyrrole nitrogens is 1. The van der Waals surface area contributed by atoms with E-state index in [1.54, 1.807) is 18.2 Å². The van der Waals surface area contributed by atoms with Crippen LogP contribution in [-0.2, 0) is 11.2 Å². The van der Waals surface area contributed by atoms with E-state index in [1.807, 2.05) is 6.07 Å². The maximum Gasteiger partial charge on any atom is 0.258 e. The summed E-state index contributed by atoms with van der Waals surface area (Å²) in [6.45, 7) is 0. The number of nitrogens with one attached hydrogen (secondary N) is 2. The SMILES string of the molecule is O=C(CCCc1nc2ccccc2c(=O)[nH]1)Nc1ccc(F)c(Cl)c1. The maximum atomic E-state index is 13.1. The number of anilines is 1. The highest BCUT2D eigenvalue weighted by atomic mass is 35.5. The van der Waals surface area contributed by atoms with Gasteiger partial charge in [0.25, 0.3) is 5.56 Å². The number of halogens is 2. The Balaban J connectivity index is 1.58. The van der Waals surface area contributed by atoms with E-state index in [-0.39, 0.29) is 22.9 Å². The van der Waals surface area contributed by atoms with Crippen LogP contribution in [0.1, 0.15) is 18.7 Å². The molecular formula is C18H15ClFN3O2. The number of carbonyl (C=O) groups excluding carboxylic acids is 1. The van der Waals surface area contributed by atoms with Crippen LogP contribution in [0.2, 0.25) is 5.02 Å². The maximum absolute atomic E-state index is 13.1. The van der Waals surface area contributed by atoms with E-state index in [2.05, 4.69) is 15.3 Å². The topological polar surface area (TPSA) is 74.8 Å². The van der Waals surface area contributed by atoms with Crippen molar-refractivity contribution < 1.29 is 9.18 Å². The highest BCUT2D eigenvalue weighted by Gasteiger charge is 2.07. The van der Waals surface area contributed by atoms with Crippen molar-refractivity contribution in [1.29, 1.82) is 0 Å². The lowest BCUT2D eigenvalue weighted by Gasteiger charge is -2.06. The number of amides is 1. The molecule has 0 spiro atoms. The van der Waals surface area contributed by atoms with Crippen molar-refractivity contribution in [1.82, 2.24) is 9.97 Å². The number of fused-ring (bicyclic) bond motifs is 1. The minimum atomic E-state index is -0.536. The first-order valence-corrected chi connectivity index (χ1v) is 8.13. The summed E-state index contributed by atoms with van der Waals surface area (Å²) >= 11 is 5.68. The molecule has 3 rings (SSSR count). The molecule has 0 aliphatic heterocycles. The second kappa shape index (κ2) is 7.44. The first kappa shape index (κ1) is 17.1. The molecule has 0 atom stereocenters. The second-order valence-electron chi connectivity index (χ2n) is 5.56. The van der Waals surface area contributed by atoms with Gasteiger partial charge in [-0.3, -0.25) is 9.59 Å². The molecule has 2 N–H and O–H groups in total. The fraction of sp³-hybridized carbons (Fsp3) is 0.167. The molecule has 1 aromatic heterocycles. The number of aromatic amines is 1. The Bertz CT molecular complexity index is 987. The predicted octanol–water partition coefficient (Wildman–Crippen LogP) is 3.68. The summed E-state index contributed by atoms with van der Waals surface area (Å²) < 4.78 is 13.1. The molecule has 2 aromatic carbocycles. The van der Waals surface area contributed by atoms with Gasteiger partial charge in [-0.25, -0.2) is 9.37 Å². The number of nitrogens with zero attached hydrogens (tertiary/aromatic N) is 1. The number of hydrogen-bond donors (Lipinski definition) is 2. The highest BCUT2D eigenvalue weighted by Crippen LogP contribution is 2.19. The van der Waals surface area contributed by atoms with Crippen LogP contribution in [0.15, 0.2) is 47.3 Å². The van der Waals surface area contributed by atoms with Crippen LogP contribution >= 0.6 is 11.6 Å². The van der Waals surface area contributed by atoms with Crippen molar-refractivity contribution >= 4 is 34.1 Å². The molecule has 5 nitrogen and oxygen atoms in total. The Morgan fingerprint density at radius 1 is 1.24 bits per heavy atom. The smallest absolute Gasteiger partial charge is 0.258 e. The molecule has 0 fully saturated rings. The second-order valence-corrected chi connectivity index (χ2v) is 5.97. The molecule has 0 saturated carbocycles. The van der Waals surface area contributed by atoms with Gasteiger partial charge in [-0.05, 0) is 36.8 Å². The minimum absolute atomic E-state index is 0.0456. The molecule has 3 aromatic rings. The molecule has 0 bridgehead atoms. The summed E-state index contributed by atoms with van der Waals surface area (Å²) in [5.41, 5.74) is 0.881. The lowest BCUT2D eigenvalue weighted by molar-refractivity contribution is -0.116. The Morgan fingerprint density at radius 3 is 2.84 bits per heavy atom. The monoisotopic (exact) mass is 359 g/mol. The molecule has 0 aliphatic rings. The first-order valence-electron chi connectivity index (χ1n) is 7.76. The molecule has 0 unspecified atom stereocenters. The third kappa shape index (κ3) is 4.22. The van der Waals surface area contributed by atoms with Gasteiger partial charge >= 0.3 is 0 Å². The van der Waals surface area contributed by atoms with Crippen molar-refractivity contribution in [3.05, 3.63) is 69.5 Å². The fourth-order valence-corrected chi connectivity index (χ4v) is 2.65. The summed E-state index contributed by atoms with van der Waals surface area (Å²) in [5, 5.41) is 3.15. The molecular weight excluding hydrogens is 345 g/mol. The van der Waals surface area contributed by atoms with Gasteiger partial charge in [-0.2, -0.15) is 0 Å². The van der Waals surface area contributed by atoms with Crippen LogP contribution < -0.4 is 10.9 Å². The van der Waals surface area contributed by atoms with Gasteiger partial charge in [0, 0.05) is 18.5 Å². The van der Waals surface area contributed by atoms with Gasteiger partial charge in [0.2, 0.25) is 5.91 Å². The van der Waals surface area contributed by atoms with Crippen LogP contribution in [0, 0.1) is 5.82 Å². The van der Waals surface area contributed by atoms with E-state index in [0.717, 1.165) is 0 Å². The number of hydrogen-bond acceptors (Lipinski definition) is 3. The summed E-state index contributed by atoms with van der Waals surface area (Å²) in [6.07, 6.45) is 1.23. The Kier molecular flexibility index (Phi) is 5.09. The molecule has 1 heterocycles. The van der Waals surface area contributed by atoms with Crippen LogP contribution in [-0.4, -0.2) is 15.9 Å². The van der Waals surface area contributed by atoms with Gasteiger partial charge in [0.05, 0.1) is 15.9 Å². The number of rotatable bonds is 5. The Hall–Kier alpha value is -2.73. The third-order valence-electron chi connectivity index (χ3n) is 3.68. The molecule has 25 heavy (non-hydrogen) atoms. The quantitative estimate of drug-likeness (QED) is 0.729. The predicted molar refractivity (Wildman–Crippen MR) is 95.3 cm³/mol. The molecule has 1 amide bonds. The number of para-hydroxylation sites is 1. The van der Waals surface area contributed by atoms with Gasteiger partial charge in [-0.15, -0.1) is 0 Å². The zero-order valence-electron chi connectivity index (χ0n) is 13.2. The molecule has 0 aliphatic carbocycles. The molecule has 0 radical (unpaired) electrons. The zero-order chi connectivity index (χ0) is 17.8. The van der Waals surface area contributed by atoms with Gasteiger partial charge in [0.1, 0.15) is 11.6 Å². The lowest BCUT2D eigenvalue weighted by atomic mass is 10.2. The number of aryl methyl sites for hydroxylation is 1. The van der Waals surface area contributed by atoms with Crippen molar-refractivity contribution in [3.63, 3.8) is 0 Å². The summed E-state index contributed by atoms with van der Waals surface area (Å²) in [7, 11) is 0.